The van der Waals surface area contributed by atoms with Gasteiger partial charge in [0.25, 0.3) is 0 Å². The van der Waals surface area contributed by atoms with Crippen LogP contribution in [0.1, 0.15) is 52.4 Å². The van der Waals surface area contributed by atoms with Crippen molar-refractivity contribution in [3.05, 3.63) is 0 Å². The molecule has 0 bridgehead atoms. The van der Waals surface area contributed by atoms with Gasteiger partial charge in [-0.15, -0.1) is 0 Å². The van der Waals surface area contributed by atoms with Gasteiger partial charge in [0.15, 0.2) is 0 Å². The molecular formula is C14H31NO2. The van der Waals surface area contributed by atoms with E-state index >= 15 is 0 Å². The molecule has 2 aliphatic heterocycles. The van der Waals surface area contributed by atoms with Gasteiger partial charge in [0.2, 0.25) is 0 Å². The van der Waals surface area contributed by atoms with Gasteiger partial charge in [0.05, 0.1) is 0 Å². The first-order chi connectivity index (χ1) is 8.41. The van der Waals surface area contributed by atoms with E-state index in [9.17, 15) is 0 Å². The number of nitrogens with one attached hydrogen (secondary N) is 1. The Labute approximate surface area is 107 Å². The van der Waals surface area contributed by atoms with Crippen LogP contribution in [0.3, 0.4) is 0 Å². The van der Waals surface area contributed by atoms with Crippen molar-refractivity contribution in [2.45, 2.75) is 52.4 Å². The van der Waals surface area contributed by atoms with Crippen molar-refractivity contribution in [1.82, 2.24) is 5.32 Å². The molecule has 0 aromatic heterocycles. The van der Waals surface area contributed by atoms with Crippen LogP contribution in [-0.4, -0.2) is 39.5 Å². The molecule has 2 rings (SSSR count). The van der Waals surface area contributed by atoms with Gasteiger partial charge in [-0.3, -0.25) is 0 Å². The summed E-state index contributed by atoms with van der Waals surface area (Å²) in [5.74, 6) is 0. The van der Waals surface area contributed by atoms with E-state index in [-0.39, 0.29) is 0 Å². The fourth-order valence-electron chi connectivity index (χ4n) is 1.62. The second kappa shape index (κ2) is 15.9. The molecule has 104 valence electrons. The fourth-order valence-corrected chi connectivity index (χ4v) is 1.62. The van der Waals surface area contributed by atoms with Crippen molar-refractivity contribution >= 4 is 0 Å². The van der Waals surface area contributed by atoms with E-state index in [4.69, 9.17) is 9.47 Å². The lowest BCUT2D eigenvalue weighted by Gasteiger charge is -2.08. The zero-order valence-corrected chi connectivity index (χ0v) is 11.8. The first-order valence-electron chi connectivity index (χ1n) is 7.28. The molecule has 17 heavy (non-hydrogen) atoms. The van der Waals surface area contributed by atoms with Crippen molar-refractivity contribution in [2.24, 2.45) is 0 Å². The van der Waals surface area contributed by atoms with Crippen molar-refractivity contribution in [3.63, 3.8) is 0 Å². The highest BCUT2D eigenvalue weighted by molar-refractivity contribution is 4.45. The molecule has 0 radical (unpaired) electrons. The molecule has 2 aliphatic rings. The van der Waals surface area contributed by atoms with Crippen molar-refractivity contribution in [2.75, 3.05) is 39.5 Å². The lowest BCUT2D eigenvalue weighted by atomic mass is 10.2. The minimum atomic E-state index is 1.00. The van der Waals surface area contributed by atoms with Crippen LogP contribution in [0.2, 0.25) is 0 Å². The summed E-state index contributed by atoms with van der Waals surface area (Å²) in [5, 5.41) is 3.11. The normalized spacial score (nSPS) is 19.4. The van der Waals surface area contributed by atoms with Gasteiger partial charge in [0, 0.05) is 26.4 Å². The third-order valence-corrected chi connectivity index (χ3v) is 2.65. The average molecular weight is 245 g/mol. The van der Waals surface area contributed by atoms with E-state index < -0.39 is 0 Å². The highest BCUT2D eigenvalue weighted by atomic mass is 16.5. The fraction of sp³-hybridized carbons (Fsp3) is 1.00. The number of rotatable bonds is 2. The molecule has 2 heterocycles. The van der Waals surface area contributed by atoms with Gasteiger partial charge >= 0.3 is 0 Å². The lowest BCUT2D eigenvalue weighted by Crippen LogP contribution is -2.09. The van der Waals surface area contributed by atoms with Gasteiger partial charge in [-0.05, 0) is 51.6 Å². The Hall–Kier alpha value is -0.120. The van der Waals surface area contributed by atoms with E-state index in [1.165, 1.54) is 38.5 Å². The zero-order chi connectivity index (χ0) is 12.6. The topological polar surface area (TPSA) is 30.5 Å². The zero-order valence-electron chi connectivity index (χ0n) is 11.8. The van der Waals surface area contributed by atoms with Crippen molar-refractivity contribution in [3.8, 4) is 0 Å². The Bertz CT molecular complexity index is 86.4. The second-order valence-electron chi connectivity index (χ2n) is 4.30. The molecular weight excluding hydrogens is 214 g/mol. The molecule has 2 saturated heterocycles. The molecule has 0 aromatic carbocycles. The Kier molecular flexibility index (Phi) is 15.8. The molecule has 3 heteroatoms. The van der Waals surface area contributed by atoms with Crippen LogP contribution in [0.5, 0.6) is 0 Å². The van der Waals surface area contributed by atoms with E-state index in [1.54, 1.807) is 0 Å². The predicted molar refractivity (Wildman–Crippen MR) is 73.6 cm³/mol. The summed E-state index contributed by atoms with van der Waals surface area (Å²) in [6, 6.07) is 0. The van der Waals surface area contributed by atoms with Crippen LogP contribution < -0.4 is 5.32 Å². The molecule has 0 amide bonds. The van der Waals surface area contributed by atoms with E-state index in [0.717, 1.165) is 39.5 Å². The van der Waals surface area contributed by atoms with Gasteiger partial charge in [-0.2, -0.15) is 0 Å². The molecule has 0 saturated carbocycles. The van der Waals surface area contributed by atoms with Gasteiger partial charge < -0.3 is 14.8 Å². The third kappa shape index (κ3) is 15.9. The SMILES string of the molecule is C1CCOCC1.C1CCOCC1.CCNCC. The maximum absolute atomic E-state index is 5.07. The van der Waals surface area contributed by atoms with Crippen LogP contribution >= 0.6 is 0 Å². The Morgan fingerprint density at radius 3 is 1.06 bits per heavy atom. The molecule has 0 unspecified atom stereocenters. The Morgan fingerprint density at radius 1 is 0.647 bits per heavy atom. The second-order valence-corrected chi connectivity index (χ2v) is 4.30. The molecule has 3 nitrogen and oxygen atoms in total. The molecule has 1 N–H and O–H groups in total. The monoisotopic (exact) mass is 245 g/mol. The average Bonchev–Trinajstić information content (AvgIpc) is 2.45. The molecule has 0 aliphatic carbocycles. The summed E-state index contributed by atoms with van der Waals surface area (Å²) in [6.45, 7) is 10.4. The minimum absolute atomic E-state index is 1.00. The first kappa shape index (κ1) is 16.9. The van der Waals surface area contributed by atoms with Crippen LogP contribution in [0, 0.1) is 0 Å². The summed E-state index contributed by atoms with van der Waals surface area (Å²) in [6.07, 6.45) is 7.86. The largest absolute Gasteiger partial charge is 0.381 e. The molecule has 0 aromatic rings. The van der Waals surface area contributed by atoms with Crippen molar-refractivity contribution in [1.29, 1.82) is 0 Å². The Morgan fingerprint density at radius 2 is 1.00 bits per heavy atom. The van der Waals surface area contributed by atoms with Crippen LogP contribution in [-0.2, 0) is 9.47 Å². The molecule has 0 spiro atoms. The standard InChI is InChI=1S/2C5H10O.C4H11N/c2*1-2-4-6-5-3-1;1-3-5-4-2/h2*1-5H2;5H,3-4H2,1-2H3. The number of hydrogen-bond acceptors (Lipinski definition) is 3. The summed E-state index contributed by atoms with van der Waals surface area (Å²) >= 11 is 0. The number of hydrogen-bond donors (Lipinski definition) is 1. The predicted octanol–water partition coefficient (Wildman–Crippen LogP) is 2.99. The maximum Gasteiger partial charge on any atom is 0.0466 e. The van der Waals surface area contributed by atoms with E-state index in [0.29, 0.717) is 0 Å². The van der Waals surface area contributed by atoms with E-state index in [1.807, 2.05) is 0 Å². The quantitative estimate of drug-likeness (QED) is 0.811. The highest BCUT2D eigenvalue weighted by Gasteiger charge is 1.95. The van der Waals surface area contributed by atoms with Crippen molar-refractivity contribution < 1.29 is 9.47 Å². The highest BCUT2D eigenvalue weighted by Crippen LogP contribution is 2.02. The summed E-state index contributed by atoms with van der Waals surface area (Å²) in [7, 11) is 0. The minimum Gasteiger partial charge on any atom is -0.381 e. The van der Waals surface area contributed by atoms with Crippen LogP contribution in [0.4, 0.5) is 0 Å². The summed E-state index contributed by atoms with van der Waals surface area (Å²) < 4.78 is 10.1. The first-order valence-corrected chi connectivity index (χ1v) is 7.28. The third-order valence-electron chi connectivity index (χ3n) is 2.65. The molecule has 0 atom stereocenters. The van der Waals surface area contributed by atoms with Gasteiger partial charge in [-0.1, -0.05) is 13.8 Å². The smallest absolute Gasteiger partial charge is 0.0466 e. The van der Waals surface area contributed by atoms with Crippen LogP contribution in [0.25, 0.3) is 0 Å². The summed E-state index contributed by atoms with van der Waals surface area (Å²) in [4.78, 5) is 0. The summed E-state index contributed by atoms with van der Waals surface area (Å²) in [5.41, 5.74) is 0. The Balaban J connectivity index is 0.000000228. The van der Waals surface area contributed by atoms with Gasteiger partial charge in [0.1, 0.15) is 0 Å². The van der Waals surface area contributed by atoms with Gasteiger partial charge in [-0.25, -0.2) is 0 Å². The molecule has 2 fully saturated rings. The van der Waals surface area contributed by atoms with E-state index in [2.05, 4.69) is 19.2 Å². The lowest BCUT2D eigenvalue weighted by molar-refractivity contribution is 0.0967. The maximum atomic E-state index is 5.07. The number of ether oxygens (including phenoxy) is 2. The van der Waals surface area contributed by atoms with Crippen LogP contribution in [0.15, 0.2) is 0 Å².